The molecule has 0 aliphatic rings. The lowest BCUT2D eigenvalue weighted by Crippen LogP contribution is -2.35. The molecule has 2 heteroatoms. The zero-order chi connectivity index (χ0) is 14.7. The third kappa shape index (κ3) is 11.8. The second-order valence-corrected chi connectivity index (χ2v) is 8.57. The van der Waals surface area contributed by atoms with Gasteiger partial charge in [0.05, 0.1) is 0 Å². The Hall–Kier alpha value is 0.310. The standard InChI is InChI=1S/C17H37NS/c1-7-10-11-15(9-3)13-16(18-12-8-2)14-19-17(4,5)6/h15-16,18H,7-14H2,1-6H3. The lowest BCUT2D eigenvalue weighted by Gasteiger charge is -2.27. The van der Waals surface area contributed by atoms with Crippen LogP contribution in [0.4, 0.5) is 0 Å². The van der Waals surface area contributed by atoms with Gasteiger partial charge < -0.3 is 5.32 Å². The fourth-order valence-electron chi connectivity index (χ4n) is 2.29. The second-order valence-electron chi connectivity index (χ2n) is 6.73. The van der Waals surface area contributed by atoms with E-state index in [-0.39, 0.29) is 0 Å². The summed E-state index contributed by atoms with van der Waals surface area (Å²) in [7, 11) is 0. The summed E-state index contributed by atoms with van der Waals surface area (Å²) in [6.45, 7) is 15.0. The van der Waals surface area contributed by atoms with E-state index in [4.69, 9.17) is 0 Å². The van der Waals surface area contributed by atoms with Crippen molar-refractivity contribution >= 4 is 11.8 Å². The van der Waals surface area contributed by atoms with Gasteiger partial charge in [-0.1, -0.05) is 67.2 Å². The second kappa shape index (κ2) is 11.0. The molecule has 0 aliphatic carbocycles. The molecule has 1 nitrogen and oxygen atoms in total. The van der Waals surface area contributed by atoms with Gasteiger partial charge >= 0.3 is 0 Å². The van der Waals surface area contributed by atoms with E-state index >= 15 is 0 Å². The van der Waals surface area contributed by atoms with Crippen LogP contribution in [0.15, 0.2) is 0 Å². The minimum atomic E-state index is 0.386. The van der Waals surface area contributed by atoms with E-state index in [2.05, 4.69) is 58.6 Å². The Bertz CT molecular complexity index is 198. The lowest BCUT2D eigenvalue weighted by atomic mass is 9.92. The first-order valence-corrected chi connectivity index (χ1v) is 9.28. The zero-order valence-corrected chi connectivity index (χ0v) is 15.0. The molecule has 0 fully saturated rings. The third-order valence-corrected chi connectivity index (χ3v) is 5.00. The van der Waals surface area contributed by atoms with E-state index in [0.717, 1.165) is 5.92 Å². The summed E-state index contributed by atoms with van der Waals surface area (Å²) in [6.07, 6.45) is 8.08. The first-order valence-electron chi connectivity index (χ1n) is 8.30. The maximum Gasteiger partial charge on any atom is 0.0161 e. The molecule has 0 aliphatic heterocycles. The molecule has 0 aromatic carbocycles. The van der Waals surface area contributed by atoms with Gasteiger partial charge in [-0.15, -0.1) is 0 Å². The molecule has 19 heavy (non-hydrogen) atoms. The highest BCUT2D eigenvalue weighted by Crippen LogP contribution is 2.26. The van der Waals surface area contributed by atoms with Crippen LogP contribution < -0.4 is 5.32 Å². The maximum absolute atomic E-state index is 3.76. The van der Waals surface area contributed by atoms with Crippen LogP contribution in [-0.4, -0.2) is 23.1 Å². The summed E-state index contributed by atoms with van der Waals surface area (Å²) in [5.41, 5.74) is 0. The SMILES string of the molecule is CCCCC(CC)CC(CSC(C)(C)C)NCCC. The van der Waals surface area contributed by atoms with Crippen LogP contribution in [0.1, 0.15) is 80.1 Å². The Labute approximate surface area is 126 Å². The van der Waals surface area contributed by atoms with E-state index < -0.39 is 0 Å². The van der Waals surface area contributed by atoms with E-state index in [1.807, 2.05) is 0 Å². The number of rotatable bonds is 11. The average Bonchev–Trinajstić information content (AvgIpc) is 2.35. The van der Waals surface area contributed by atoms with E-state index in [0.29, 0.717) is 10.8 Å². The minimum absolute atomic E-state index is 0.386. The number of hydrogen-bond donors (Lipinski definition) is 1. The molecule has 2 unspecified atom stereocenters. The molecule has 0 aromatic heterocycles. The van der Waals surface area contributed by atoms with Crippen LogP contribution in [0.5, 0.6) is 0 Å². The van der Waals surface area contributed by atoms with Crippen molar-refractivity contribution in [2.24, 2.45) is 5.92 Å². The van der Waals surface area contributed by atoms with Crippen LogP contribution in [0.3, 0.4) is 0 Å². The van der Waals surface area contributed by atoms with Gasteiger partial charge in [0.1, 0.15) is 0 Å². The van der Waals surface area contributed by atoms with Crippen LogP contribution in [-0.2, 0) is 0 Å². The van der Waals surface area contributed by atoms with Crippen molar-refractivity contribution in [3.63, 3.8) is 0 Å². The Morgan fingerprint density at radius 1 is 1.05 bits per heavy atom. The van der Waals surface area contributed by atoms with Crippen LogP contribution in [0, 0.1) is 5.92 Å². The van der Waals surface area contributed by atoms with Gasteiger partial charge in [0.15, 0.2) is 0 Å². The molecule has 0 heterocycles. The highest BCUT2D eigenvalue weighted by molar-refractivity contribution is 8.00. The highest BCUT2D eigenvalue weighted by Gasteiger charge is 2.18. The predicted molar refractivity (Wildman–Crippen MR) is 92.2 cm³/mol. The van der Waals surface area contributed by atoms with Crippen molar-refractivity contribution in [1.82, 2.24) is 5.32 Å². The molecule has 0 aromatic rings. The van der Waals surface area contributed by atoms with Crippen molar-refractivity contribution < 1.29 is 0 Å². The normalized spacial score (nSPS) is 15.5. The molecule has 2 atom stereocenters. The highest BCUT2D eigenvalue weighted by atomic mass is 32.2. The zero-order valence-electron chi connectivity index (χ0n) is 14.2. The van der Waals surface area contributed by atoms with Gasteiger partial charge in [0.2, 0.25) is 0 Å². The van der Waals surface area contributed by atoms with Crippen LogP contribution in [0.2, 0.25) is 0 Å². The van der Waals surface area contributed by atoms with Gasteiger partial charge in [-0.05, 0) is 25.3 Å². The van der Waals surface area contributed by atoms with Gasteiger partial charge in [-0.25, -0.2) is 0 Å². The van der Waals surface area contributed by atoms with E-state index in [9.17, 15) is 0 Å². The first kappa shape index (κ1) is 19.3. The molecular formula is C17H37NS. The van der Waals surface area contributed by atoms with E-state index in [1.54, 1.807) is 0 Å². The minimum Gasteiger partial charge on any atom is -0.313 e. The van der Waals surface area contributed by atoms with Gasteiger partial charge in [-0.3, -0.25) is 0 Å². The summed E-state index contributed by atoms with van der Waals surface area (Å²) in [6, 6.07) is 0.700. The monoisotopic (exact) mass is 287 g/mol. The van der Waals surface area contributed by atoms with Crippen LogP contribution >= 0.6 is 11.8 Å². The van der Waals surface area contributed by atoms with Gasteiger partial charge in [0, 0.05) is 16.5 Å². The number of thioether (sulfide) groups is 1. The maximum atomic E-state index is 3.76. The van der Waals surface area contributed by atoms with E-state index in [1.165, 1.54) is 50.8 Å². The van der Waals surface area contributed by atoms with Crippen molar-refractivity contribution in [2.75, 3.05) is 12.3 Å². The van der Waals surface area contributed by atoms with Crippen LogP contribution in [0.25, 0.3) is 0 Å². The largest absolute Gasteiger partial charge is 0.313 e. The molecule has 0 amide bonds. The summed E-state index contributed by atoms with van der Waals surface area (Å²) in [5, 5.41) is 3.76. The molecule has 0 saturated carbocycles. The first-order chi connectivity index (χ1) is 8.92. The molecule has 0 rings (SSSR count). The third-order valence-electron chi connectivity index (χ3n) is 3.56. The molecule has 0 radical (unpaired) electrons. The fraction of sp³-hybridized carbons (Fsp3) is 1.00. The lowest BCUT2D eigenvalue weighted by molar-refractivity contribution is 0.364. The average molecular weight is 288 g/mol. The Balaban J connectivity index is 4.21. The van der Waals surface area contributed by atoms with Crippen molar-refractivity contribution in [2.45, 2.75) is 90.9 Å². The summed E-state index contributed by atoms with van der Waals surface area (Å²) in [4.78, 5) is 0. The summed E-state index contributed by atoms with van der Waals surface area (Å²) < 4.78 is 0.386. The number of hydrogen-bond acceptors (Lipinski definition) is 2. The smallest absolute Gasteiger partial charge is 0.0161 e. The summed E-state index contributed by atoms with van der Waals surface area (Å²) >= 11 is 2.11. The van der Waals surface area contributed by atoms with Gasteiger partial charge in [0.25, 0.3) is 0 Å². The molecule has 0 saturated heterocycles. The van der Waals surface area contributed by atoms with Crippen molar-refractivity contribution in [3.05, 3.63) is 0 Å². The Morgan fingerprint density at radius 3 is 2.21 bits per heavy atom. The molecule has 116 valence electrons. The number of nitrogens with one attached hydrogen (secondary N) is 1. The molecular weight excluding hydrogens is 250 g/mol. The van der Waals surface area contributed by atoms with Gasteiger partial charge in [-0.2, -0.15) is 11.8 Å². The Kier molecular flexibility index (Phi) is 11.2. The van der Waals surface area contributed by atoms with Crippen molar-refractivity contribution in [3.8, 4) is 0 Å². The Morgan fingerprint density at radius 2 is 1.74 bits per heavy atom. The number of unbranched alkanes of at least 4 members (excludes halogenated alkanes) is 1. The quantitative estimate of drug-likeness (QED) is 0.539. The molecule has 0 bridgehead atoms. The summed E-state index contributed by atoms with van der Waals surface area (Å²) in [5.74, 6) is 2.17. The molecule has 1 N–H and O–H groups in total. The fourth-order valence-corrected chi connectivity index (χ4v) is 3.25. The predicted octanol–water partition coefficient (Wildman–Crippen LogP) is 5.49. The van der Waals surface area contributed by atoms with Crippen molar-refractivity contribution in [1.29, 1.82) is 0 Å². The topological polar surface area (TPSA) is 12.0 Å². The molecule has 0 spiro atoms.